The molecule has 1 aromatic rings. The zero-order chi connectivity index (χ0) is 11.6. The summed E-state index contributed by atoms with van der Waals surface area (Å²) >= 11 is 0. The van der Waals surface area contributed by atoms with E-state index in [0.717, 1.165) is 25.0 Å². The monoisotopic (exact) mass is 223 g/mol. The van der Waals surface area contributed by atoms with Gasteiger partial charge in [-0.25, -0.2) is 0 Å². The Balaban J connectivity index is 2.01. The molecule has 1 aliphatic carbocycles. The van der Waals surface area contributed by atoms with Gasteiger partial charge < -0.3 is 10.5 Å². The molecule has 2 rings (SSSR count). The Morgan fingerprint density at radius 3 is 2.75 bits per heavy atom. The summed E-state index contributed by atoms with van der Waals surface area (Å²) in [7, 11) is 0. The minimum absolute atomic E-state index is 0.000404. The number of nitrogens with zero attached hydrogens (tertiary/aromatic N) is 2. The first-order chi connectivity index (χ1) is 7.65. The van der Waals surface area contributed by atoms with Crippen molar-refractivity contribution < 1.29 is 4.74 Å². The maximum atomic E-state index is 6.05. The van der Waals surface area contributed by atoms with E-state index in [1.165, 1.54) is 6.42 Å². The molecule has 1 aliphatic rings. The normalized spacial score (nSPS) is 18.5. The van der Waals surface area contributed by atoms with Crippen LogP contribution in [0.25, 0.3) is 0 Å². The van der Waals surface area contributed by atoms with E-state index in [4.69, 9.17) is 10.5 Å². The molecule has 90 valence electrons. The molecule has 0 saturated heterocycles. The highest BCUT2D eigenvalue weighted by Crippen LogP contribution is 2.39. The summed E-state index contributed by atoms with van der Waals surface area (Å²) in [6.07, 6.45) is 8.21. The van der Waals surface area contributed by atoms with Gasteiger partial charge in [0.05, 0.1) is 12.4 Å². The highest BCUT2D eigenvalue weighted by atomic mass is 16.5. The van der Waals surface area contributed by atoms with Gasteiger partial charge in [0.15, 0.2) is 5.75 Å². The number of aromatic nitrogens is 2. The van der Waals surface area contributed by atoms with Gasteiger partial charge in [0.1, 0.15) is 5.60 Å². The number of ether oxygens (including phenoxy) is 1. The van der Waals surface area contributed by atoms with E-state index >= 15 is 0 Å². The van der Waals surface area contributed by atoms with Crippen LogP contribution < -0.4 is 10.5 Å². The predicted octanol–water partition coefficient (Wildman–Crippen LogP) is 2.11. The van der Waals surface area contributed by atoms with Gasteiger partial charge in [-0.05, 0) is 46.1 Å². The fourth-order valence-electron chi connectivity index (χ4n) is 2.14. The SMILES string of the molecule is CC(C)n1cc(OC2(CCN)CCC2)cn1. The largest absolute Gasteiger partial charge is 0.484 e. The summed E-state index contributed by atoms with van der Waals surface area (Å²) in [4.78, 5) is 0. The number of hydrogen-bond acceptors (Lipinski definition) is 3. The fourth-order valence-corrected chi connectivity index (χ4v) is 2.14. The first-order valence-corrected chi connectivity index (χ1v) is 6.08. The fraction of sp³-hybridized carbons (Fsp3) is 0.750. The zero-order valence-corrected chi connectivity index (χ0v) is 10.1. The lowest BCUT2D eigenvalue weighted by Gasteiger charge is -2.41. The zero-order valence-electron chi connectivity index (χ0n) is 10.1. The van der Waals surface area contributed by atoms with Crippen molar-refractivity contribution in [2.45, 2.75) is 51.2 Å². The molecule has 0 aromatic carbocycles. The average Bonchev–Trinajstić information content (AvgIpc) is 2.63. The van der Waals surface area contributed by atoms with E-state index in [0.29, 0.717) is 12.6 Å². The molecular formula is C12H21N3O. The second-order valence-corrected chi connectivity index (χ2v) is 4.93. The Morgan fingerprint density at radius 2 is 2.31 bits per heavy atom. The van der Waals surface area contributed by atoms with Crippen molar-refractivity contribution in [2.75, 3.05) is 6.54 Å². The van der Waals surface area contributed by atoms with Crippen LogP contribution in [-0.2, 0) is 0 Å². The van der Waals surface area contributed by atoms with Crippen molar-refractivity contribution >= 4 is 0 Å². The van der Waals surface area contributed by atoms with Gasteiger partial charge in [0.25, 0.3) is 0 Å². The minimum Gasteiger partial charge on any atom is -0.484 e. The van der Waals surface area contributed by atoms with Gasteiger partial charge in [-0.2, -0.15) is 5.10 Å². The molecule has 0 radical (unpaired) electrons. The van der Waals surface area contributed by atoms with Crippen molar-refractivity contribution in [2.24, 2.45) is 5.73 Å². The first kappa shape index (κ1) is 11.5. The summed E-state index contributed by atoms with van der Waals surface area (Å²) in [5.74, 6) is 0.877. The van der Waals surface area contributed by atoms with Crippen molar-refractivity contribution in [1.82, 2.24) is 9.78 Å². The molecule has 1 saturated carbocycles. The Bertz CT molecular complexity index is 342. The lowest BCUT2D eigenvalue weighted by Crippen LogP contribution is -2.44. The van der Waals surface area contributed by atoms with Crippen molar-refractivity contribution in [3.63, 3.8) is 0 Å². The van der Waals surface area contributed by atoms with Gasteiger partial charge >= 0.3 is 0 Å². The van der Waals surface area contributed by atoms with E-state index in [1.807, 2.05) is 10.9 Å². The number of hydrogen-bond donors (Lipinski definition) is 1. The lowest BCUT2D eigenvalue weighted by atomic mass is 9.77. The molecule has 4 nitrogen and oxygen atoms in total. The minimum atomic E-state index is -0.000404. The van der Waals surface area contributed by atoms with E-state index in [1.54, 1.807) is 6.20 Å². The van der Waals surface area contributed by atoms with Crippen LogP contribution in [0.1, 0.15) is 45.6 Å². The molecule has 0 amide bonds. The van der Waals surface area contributed by atoms with E-state index < -0.39 is 0 Å². The highest BCUT2D eigenvalue weighted by Gasteiger charge is 2.38. The van der Waals surface area contributed by atoms with Crippen molar-refractivity contribution in [3.8, 4) is 5.75 Å². The summed E-state index contributed by atoms with van der Waals surface area (Å²) in [6, 6.07) is 0.379. The molecule has 0 unspecified atom stereocenters. The Labute approximate surface area is 96.8 Å². The molecule has 0 bridgehead atoms. The number of rotatable bonds is 5. The van der Waals surface area contributed by atoms with Gasteiger partial charge in [0.2, 0.25) is 0 Å². The maximum absolute atomic E-state index is 6.05. The Morgan fingerprint density at radius 1 is 1.56 bits per heavy atom. The van der Waals surface area contributed by atoms with Crippen LogP contribution in [-0.4, -0.2) is 21.9 Å². The first-order valence-electron chi connectivity index (χ1n) is 6.08. The standard InChI is InChI=1S/C12H21N3O/c1-10(2)15-9-11(8-14-15)16-12(6-7-13)4-3-5-12/h8-10H,3-7,13H2,1-2H3. The van der Waals surface area contributed by atoms with Crippen LogP contribution in [0.5, 0.6) is 5.75 Å². The molecule has 4 heteroatoms. The molecule has 0 spiro atoms. The molecule has 0 aliphatic heterocycles. The van der Waals surface area contributed by atoms with Crippen LogP contribution in [0.2, 0.25) is 0 Å². The second-order valence-electron chi connectivity index (χ2n) is 4.93. The summed E-state index contributed by atoms with van der Waals surface area (Å²) in [5.41, 5.74) is 5.63. The molecule has 1 fully saturated rings. The molecule has 16 heavy (non-hydrogen) atoms. The topological polar surface area (TPSA) is 53.1 Å². The molecule has 1 heterocycles. The van der Waals surface area contributed by atoms with E-state index in [9.17, 15) is 0 Å². The van der Waals surface area contributed by atoms with E-state index in [2.05, 4.69) is 18.9 Å². The number of nitrogens with two attached hydrogens (primary N) is 1. The van der Waals surface area contributed by atoms with Crippen molar-refractivity contribution in [3.05, 3.63) is 12.4 Å². The predicted molar refractivity (Wildman–Crippen MR) is 63.5 cm³/mol. The summed E-state index contributed by atoms with van der Waals surface area (Å²) < 4.78 is 7.97. The third kappa shape index (κ3) is 2.21. The van der Waals surface area contributed by atoms with Crippen LogP contribution >= 0.6 is 0 Å². The average molecular weight is 223 g/mol. The van der Waals surface area contributed by atoms with Crippen LogP contribution in [0.4, 0.5) is 0 Å². The summed E-state index contributed by atoms with van der Waals surface area (Å²) in [5, 5.41) is 4.28. The lowest BCUT2D eigenvalue weighted by molar-refractivity contribution is -0.0125. The van der Waals surface area contributed by atoms with Crippen LogP contribution in [0.15, 0.2) is 12.4 Å². The Hall–Kier alpha value is -1.03. The van der Waals surface area contributed by atoms with Gasteiger partial charge in [-0.3, -0.25) is 4.68 Å². The highest BCUT2D eigenvalue weighted by molar-refractivity contribution is 5.15. The second kappa shape index (κ2) is 4.45. The van der Waals surface area contributed by atoms with Gasteiger partial charge in [-0.1, -0.05) is 0 Å². The molecule has 0 atom stereocenters. The van der Waals surface area contributed by atoms with E-state index in [-0.39, 0.29) is 5.60 Å². The smallest absolute Gasteiger partial charge is 0.158 e. The molecule has 1 aromatic heterocycles. The van der Waals surface area contributed by atoms with Crippen molar-refractivity contribution in [1.29, 1.82) is 0 Å². The van der Waals surface area contributed by atoms with Crippen LogP contribution in [0, 0.1) is 0 Å². The molecular weight excluding hydrogens is 202 g/mol. The van der Waals surface area contributed by atoms with Crippen LogP contribution in [0.3, 0.4) is 0 Å². The van der Waals surface area contributed by atoms with Gasteiger partial charge in [0, 0.05) is 6.04 Å². The quantitative estimate of drug-likeness (QED) is 0.831. The third-order valence-electron chi connectivity index (χ3n) is 3.31. The maximum Gasteiger partial charge on any atom is 0.158 e. The summed E-state index contributed by atoms with van der Waals surface area (Å²) in [6.45, 7) is 4.91. The third-order valence-corrected chi connectivity index (χ3v) is 3.31. The Kier molecular flexibility index (Phi) is 3.19. The van der Waals surface area contributed by atoms with Gasteiger partial charge in [-0.15, -0.1) is 0 Å². The molecule has 2 N–H and O–H groups in total.